The molecule has 1 aromatic carbocycles. The van der Waals surface area contributed by atoms with Crippen LogP contribution in [0.3, 0.4) is 0 Å². The summed E-state index contributed by atoms with van der Waals surface area (Å²) >= 11 is 1.40. The van der Waals surface area contributed by atoms with E-state index in [4.69, 9.17) is 4.74 Å². The second-order valence-electron chi connectivity index (χ2n) is 5.79. The lowest BCUT2D eigenvalue weighted by Gasteiger charge is -2.33. The van der Waals surface area contributed by atoms with Crippen LogP contribution in [0, 0.1) is 5.82 Å². The number of fused-ring (bicyclic) bond motifs is 1. The van der Waals surface area contributed by atoms with Crippen LogP contribution in [0.2, 0.25) is 0 Å². The number of esters is 1. The minimum absolute atomic E-state index is 0.0881. The number of ether oxygens (including phenoxy) is 1. The fourth-order valence-corrected chi connectivity index (χ4v) is 4.15. The van der Waals surface area contributed by atoms with E-state index in [-0.39, 0.29) is 23.6 Å². The third-order valence-corrected chi connectivity index (χ3v) is 5.52. The predicted molar refractivity (Wildman–Crippen MR) is 94.4 cm³/mol. The van der Waals surface area contributed by atoms with E-state index < -0.39 is 12.0 Å². The average Bonchev–Trinajstić information content (AvgIpc) is 2.90. The molecule has 0 N–H and O–H groups in total. The number of amides is 1. The van der Waals surface area contributed by atoms with E-state index in [0.29, 0.717) is 28.4 Å². The van der Waals surface area contributed by atoms with Crippen LogP contribution in [-0.4, -0.2) is 33.8 Å². The van der Waals surface area contributed by atoms with Crippen LogP contribution in [0.1, 0.15) is 38.8 Å². The van der Waals surface area contributed by atoms with Gasteiger partial charge < -0.3 is 4.74 Å². The van der Waals surface area contributed by atoms with Crippen molar-refractivity contribution in [3.63, 3.8) is 0 Å². The first-order valence-electron chi connectivity index (χ1n) is 8.19. The minimum atomic E-state index is -0.649. The molecule has 1 fully saturated rings. The number of amidine groups is 1. The zero-order valence-electron chi connectivity index (χ0n) is 14.3. The Morgan fingerprint density at radius 1 is 1.32 bits per heavy atom. The lowest BCUT2D eigenvalue weighted by molar-refractivity contribution is -0.139. The summed E-state index contributed by atoms with van der Waals surface area (Å²) in [6.45, 7) is 5.62. The van der Waals surface area contributed by atoms with Gasteiger partial charge in [0.15, 0.2) is 5.17 Å². The first-order valence-corrected chi connectivity index (χ1v) is 9.07. The maximum Gasteiger partial charge on any atom is 0.338 e. The molecule has 0 aliphatic carbocycles. The van der Waals surface area contributed by atoms with Gasteiger partial charge >= 0.3 is 5.97 Å². The highest BCUT2D eigenvalue weighted by Gasteiger charge is 2.47. The molecule has 2 aliphatic rings. The van der Waals surface area contributed by atoms with Crippen molar-refractivity contribution in [2.75, 3.05) is 6.61 Å². The van der Waals surface area contributed by atoms with Gasteiger partial charge in [-0.3, -0.25) is 9.69 Å². The Labute approximate surface area is 149 Å². The van der Waals surface area contributed by atoms with Crippen molar-refractivity contribution >= 4 is 28.8 Å². The number of hydrogen-bond acceptors (Lipinski definition) is 5. The van der Waals surface area contributed by atoms with Crippen molar-refractivity contribution in [2.24, 2.45) is 4.99 Å². The van der Waals surface area contributed by atoms with Gasteiger partial charge in [0, 0.05) is 0 Å². The van der Waals surface area contributed by atoms with E-state index in [9.17, 15) is 14.0 Å². The summed E-state index contributed by atoms with van der Waals surface area (Å²) in [5.41, 5.74) is 1.50. The fourth-order valence-electron chi connectivity index (χ4n) is 3.02. The SMILES string of the molecule is CCOC(=O)C1=C(C)N=C2S[C@H](CC)C(=O)N2[C@@H]1c1ccc(F)cc1. The third-order valence-electron chi connectivity index (χ3n) is 4.20. The van der Waals surface area contributed by atoms with Gasteiger partial charge in [0.25, 0.3) is 0 Å². The molecular weight excluding hydrogens is 343 g/mol. The highest BCUT2D eigenvalue weighted by Crippen LogP contribution is 2.43. The number of nitrogens with zero attached hydrogens (tertiary/aromatic N) is 2. The molecule has 2 atom stereocenters. The summed E-state index contributed by atoms with van der Waals surface area (Å²) in [7, 11) is 0. The Kier molecular flexibility index (Phi) is 4.94. The Morgan fingerprint density at radius 3 is 2.60 bits per heavy atom. The van der Waals surface area contributed by atoms with Gasteiger partial charge in [0.2, 0.25) is 5.91 Å². The van der Waals surface area contributed by atoms with Crippen LogP contribution < -0.4 is 0 Å². The molecule has 0 radical (unpaired) electrons. The van der Waals surface area contributed by atoms with Gasteiger partial charge in [-0.05, 0) is 38.0 Å². The van der Waals surface area contributed by atoms with Gasteiger partial charge in [0.1, 0.15) is 5.82 Å². The first-order chi connectivity index (χ1) is 12.0. The van der Waals surface area contributed by atoms with Crippen molar-refractivity contribution in [2.45, 2.75) is 38.5 Å². The standard InChI is InChI=1S/C18H19FN2O3S/c1-4-13-16(22)21-15(11-6-8-12(19)9-7-11)14(17(23)24-5-2)10(3)20-18(21)25-13/h6-9,13,15H,4-5H2,1-3H3/t13-,15-/m1/s1. The summed E-state index contributed by atoms with van der Waals surface area (Å²) in [4.78, 5) is 31.4. The number of thioether (sulfide) groups is 1. The van der Waals surface area contributed by atoms with Crippen molar-refractivity contribution in [1.29, 1.82) is 0 Å². The monoisotopic (exact) mass is 362 g/mol. The molecule has 132 valence electrons. The Bertz CT molecular complexity index is 773. The number of hydrogen-bond donors (Lipinski definition) is 0. The third kappa shape index (κ3) is 3.08. The number of carbonyl (C=O) groups excluding carboxylic acids is 2. The minimum Gasteiger partial charge on any atom is -0.463 e. The van der Waals surface area contributed by atoms with Gasteiger partial charge in [-0.25, -0.2) is 14.2 Å². The predicted octanol–water partition coefficient (Wildman–Crippen LogP) is 3.43. The summed E-state index contributed by atoms with van der Waals surface area (Å²) < 4.78 is 18.5. The normalized spacial score (nSPS) is 22.8. The van der Waals surface area contributed by atoms with Crippen LogP contribution in [-0.2, 0) is 14.3 Å². The fraction of sp³-hybridized carbons (Fsp3) is 0.389. The molecule has 3 rings (SSSR count). The van der Waals surface area contributed by atoms with Crippen molar-refractivity contribution in [1.82, 2.24) is 4.90 Å². The number of allylic oxidation sites excluding steroid dienone is 1. The summed E-state index contributed by atoms with van der Waals surface area (Å²) in [6, 6.07) is 5.18. The smallest absolute Gasteiger partial charge is 0.338 e. The van der Waals surface area contributed by atoms with E-state index in [1.54, 1.807) is 30.9 Å². The molecule has 7 heteroatoms. The topological polar surface area (TPSA) is 59.0 Å². The molecule has 2 heterocycles. The first kappa shape index (κ1) is 17.7. The van der Waals surface area contributed by atoms with Gasteiger partial charge in [-0.2, -0.15) is 0 Å². The molecule has 0 unspecified atom stereocenters. The average molecular weight is 362 g/mol. The van der Waals surface area contributed by atoms with E-state index in [1.165, 1.54) is 23.9 Å². The largest absolute Gasteiger partial charge is 0.463 e. The van der Waals surface area contributed by atoms with E-state index in [1.807, 2.05) is 6.92 Å². The van der Waals surface area contributed by atoms with Gasteiger partial charge in [-0.1, -0.05) is 30.8 Å². The Morgan fingerprint density at radius 2 is 2.00 bits per heavy atom. The molecule has 2 aliphatic heterocycles. The number of halogens is 1. The maximum absolute atomic E-state index is 13.4. The van der Waals surface area contributed by atoms with Crippen molar-refractivity contribution < 1.29 is 18.7 Å². The van der Waals surface area contributed by atoms with E-state index in [0.717, 1.165) is 0 Å². The second-order valence-corrected chi connectivity index (χ2v) is 6.96. The lowest BCUT2D eigenvalue weighted by atomic mass is 9.94. The van der Waals surface area contributed by atoms with Crippen LogP contribution in [0.15, 0.2) is 40.5 Å². The highest BCUT2D eigenvalue weighted by molar-refractivity contribution is 8.15. The molecule has 5 nitrogen and oxygen atoms in total. The van der Waals surface area contributed by atoms with E-state index >= 15 is 0 Å². The number of benzene rings is 1. The van der Waals surface area contributed by atoms with Gasteiger partial charge in [-0.15, -0.1) is 0 Å². The molecule has 1 amide bonds. The molecule has 0 aromatic heterocycles. The molecule has 0 bridgehead atoms. The maximum atomic E-state index is 13.4. The van der Waals surface area contributed by atoms with Crippen LogP contribution in [0.25, 0.3) is 0 Å². The number of aliphatic imine (C=N–C) groups is 1. The second kappa shape index (κ2) is 7.00. The molecule has 0 saturated carbocycles. The Balaban J connectivity index is 2.13. The van der Waals surface area contributed by atoms with Crippen LogP contribution in [0.5, 0.6) is 0 Å². The number of carbonyl (C=O) groups is 2. The Hall–Kier alpha value is -2.15. The van der Waals surface area contributed by atoms with Crippen LogP contribution in [0.4, 0.5) is 4.39 Å². The molecule has 0 spiro atoms. The van der Waals surface area contributed by atoms with Crippen molar-refractivity contribution in [3.8, 4) is 0 Å². The van der Waals surface area contributed by atoms with Gasteiger partial charge in [0.05, 0.1) is 29.2 Å². The van der Waals surface area contributed by atoms with Crippen molar-refractivity contribution in [3.05, 3.63) is 46.9 Å². The summed E-state index contributed by atoms with van der Waals surface area (Å²) in [5.74, 6) is -0.967. The van der Waals surface area contributed by atoms with E-state index in [2.05, 4.69) is 4.99 Å². The molecule has 1 saturated heterocycles. The lowest BCUT2D eigenvalue weighted by Crippen LogP contribution is -2.40. The summed E-state index contributed by atoms with van der Waals surface area (Å²) in [5, 5.41) is 0.354. The molecule has 1 aromatic rings. The number of rotatable bonds is 4. The quantitative estimate of drug-likeness (QED) is 0.770. The zero-order valence-corrected chi connectivity index (χ0v) is 15.1. The van der Waals surface area contributed by atoms with Crippen LogP contribution >= 0.6 is 11.8 Å². The summed E-state index contributed by atoms with van der Waals surface area (Å²) in [6.07, 6.45) is 0.670. The molecule has 25 heavy (non-hydrogen) atoms. The highest BCUT2D eigenvalue weighted by atomic mass is 32.2. The molecular formula is C18H19FN2O3S. The zero-order chi connectivity index (χ0) is 18.1.